The van der Waals surface area contributed by atoms with Crippen LogP contribution in [0.3, 0.4) is 0 Å². The lowest BCUT2D eigenvalue weighted by Crippen LogP contribution is -2.04. The van der Waals surface area contributed by atoms with E-state index in [9.17, 15) is 0 Å². The van der Waals surface area contributed by atoms with E-state index >= 15 is 0 Å². The monoisotopic (exact) mass is 311 g/mol. The maximum Gasteiger partial charge on any atom is 0.147 e. The molecule has 2 rings (SSSR count). The van der Waals surface area contributed by atoms with Crippen molar-refractivity contribution in [1.82, 2.24) is 4.98 Å². The van der Waals surface area contributed by atoms with E-state index in [0.717, 1.165) is 25.0 Å². The van der Waals surface area contributed by atoms with Crippen LogP contribution < -0.4 is 0 Å². The molecule has 0 bridgehead atoms. The van der Waals surface area contributed by atoms with Gasteiger partial charge in [0.05, 0.1) is 13.2 Å². The van der Waals surface area contributed by atoms with Crippen LogP contribution in [0.15, 0.2) is 55.3 Å². The van der Waals surface area contributed by atoms with Crippen molar-refractivity contribution in [3.63, 3.8) is 0 Å². The lowest BCUT2D eigenvalue weighted by Gasteiger charge is -2.06. The van der Waals surface area contributed by atoms with Crippen molar-refractivity contribution in [2.75, 3.05) is 20.0 Å². The summed E-state index contributed by atoms with van der Waals surface area (Å²) in [5, 5.41) is 0. The number of hydrogen-bond acceptors (Lipinski definition) is 3. The molecule has 0 spiro atoms. The molecule has 1 aromatic heterocycles. The lowest BCUT2D eigenvalue weighted by molar-refractivity contribution is -0.0426. The van der Waals surface area contributed by atoms with E-state index in [1.807, 2.05) is 6.20 Å². The number of hydrogen-bond donors (Lipinski definition) is 0. The Morgan fingerprint density at radius 2 is 1.74 bits per heavy atom. The predicted molar refractivity (Wildman–Crippen MR) is 93.5 cm³/mol. The fourth-order valence-corrected chi connectivity index (χ4v) is 2.22. The molecule has 0 aliphatic carbocycles. The van der Waals surface area contributed by atoms with Gasteiger partial charge in [0.1, 0.15) is 6.79 Å². The van der Waals surface area contributed by atoms with Crippen molar-refractivity contribution in [3.05, 3.63) is 77.6 Å². The third-order valence-corrected chi connectivity index (χ3v) is 3.61. The molecule has 3 nitrogen and oxygen atoms in total. The summed E-state index contributed by atoms with van der Waals surface area (Å²) in [6.45, 7) is 7.17. The molecule has 0 aliphatic rings. The summed E-state index contributed by atoms with van der Waals surface area (Å²) in [7, 11) is 0. The Labute approximate surface area is 139 Å². The molecular formula is C20H25NO2. The quantitative estimate of drug-likeness (QED) is 0.379. The molecule has 0 aliphatic heterocycles. The van der Waals surface area contributed by atoms with E-state index in [0.29, 0.717) is 20.0 Å². The van der Waals surface area contributed by atoms with E-state index in [1.165, 1.54) is 16.7 Å². The number of aryl methyl sites for hydroxylation is 3. The largest absolute Gasteiger partial charge is 0.355 e. The molecule has 0 fully saturated rings. The number of nitrogens with zero attached hydrogens (tertiary/aromatic N) is 1. The molecule has 0 saturated carbocycles. The topological polar surface area (TPSA) is 31.4 Å². The first-order valence-corrected chi connectivity index (χ1v) is 8.03. The lowest BCUT2D eigenvalue weighted by atomic mass is 10.1. The fourth-order valence-electron chi connectivity index (χ4n) is 2.22. The smallest absolute Gasteiger partial charge is 0.147 e. The average molecular weight is 311 g/mol. The Bertz CT molecular complexity index is 576. The van der Waals surface area contributed by atoms with Crippen LogP contribution in [0.4, 0.5) is 0 Å². The first-order valence-electron chi connectivity index (χ1n) is 8.03. The molecule has 0 amide bonds. The standard InChI is InChI=1S/C20H25NO2/c1-3-13-22-16-23-14-12-19-9-11-20(21-15-19)10-8-18-6-4-17(2)5-7-18/h3-7,9,11,15H,1,8,10,12-14,16H2,2H3. The van der Waals surface area contributed by atoms with Gasteiger partial charge in [-0.2, -0.15) is 0 Å². The zero-order valence-corrected chi connectivity index (χ0v) is 13.8. The van der Waals surface area contributed by atoms with Gasteiger partial charge in [0.25, 0.3) is 0 Å². The Balaban J connectivity index is 1.69. The van der Waals surface area contributed by atoms with E-state index < -0.39 is 0 Å². The van der Waals surface area contributed by atoms with Crippen LogP contribution in [0.5, 0.6) is 0 Å². The summed E-state index contributed by atoms with van der Waals surface area (Å²) in [6, 6.07) is 12.9. The van der Waals surface area contributed by atoms with Crippen LogP contribution in [0.2, 0.25) is 0 Å². The van der Waals surface area contributed by atoms with Gasteiger partial charge in [-0.25, -0.2) is 0 Å². The minimum atomic E-state index is 0.314. The minimum Gasteiger partial charge on any atom is -0.355 e. The summed E-state index contributed by atoms with van der Waals surface area (Å²) in [5.74, 6) is 0. The van der Waals surface area contributed by atoms with Crippen molar-refractivity contribution in [2.45, 2.75) is 26.2 Å². The SMILES string of the molecule is C=CCOCOCCc1ccc(CCc2ccc(C)cc2)nc1. The predicted octanol–water partition coefficient (Wildman–Crippen LogP) is 3.89. The molecule has 0 atom stereocenters. The molecule has 23 heavy (non-hydrogen) atoms. The molecule has 0 unspecified atom stereocenters. The molecule has 2 aromatic rings. The van der Waals surface area contributed by atoms with Crippen molar-refractivity contribution in [3.8, 4) is 0 Å². The highest BCUT2D eigenvalue weighted by atomic mass is 16.7. The highest BCUT2D eigenvalue weighted by Crippen LogP contribution is 2.08. The molecule has 0 saturated heterocycles. The normalized spacial score (nSPS) is 10.7. The summed E-state index contributed by atoms with van der Waals surface area (Å²) in [4.78, 5) is 4.54. The highest BCUT2D eigenvalue weighted by Gasteiger charge is 1.99. The Morgan fingerprint density at radius 3 is 2.43 bits per heavy atom. The van der Waals surface area contributed by atoms with E-state index in [-0.39, 0.29) is 0 Å². The third-order valence-electron chi connectivity index (χ3n) is 3.61. The Kier molecular flexibility index (Phi) is 7.50. The van der Waals surface area contributed by atoms with Crippen LogP contribution in [0.1, 0.15) is 22.4 Å². The molecule has 0 N–H and O–H groups in total. The van der Waals surface area contributed by atoms with Crippen molar-refractivity contribution >= 4 is 0 Å². The highest BCUT2D eigenvalue weighted by molar-refractivity contribution is 5.22. The number of pyridine rings is 1. The Hall–Kier alpha value is -1.97. The van der Waals surface area contributed by atoms with Gasteiger partial charge < -0.3 is 9.47 Å². The van der Waals surface area contributed by atoms with Gasteiger partial charge in [0.15, 0.2) is 0 Å². The number of aromatic nitrogens is 1. The molecule has 1 heterocycles. The second kappa shape index (κ2) is 9.93. The third kappa shape index (κ3) is 6.76. The maximum absolute atomic E-state index is 5.39. The number of benzene rings is 1. The second-order valence-corrected chi connectivity index (χ2v) is 5.58. The zero-order chi connectivity index (χ0) is 16.3. The van der Waals surface area contributed by atoms with Crippen LogP contribution >= 0.6 is 0 Å². The summed E-state index contributed by atoms with van der Waals surface area (Å²) >= 11 is 0. The summed E-state index contributed by atoms with van der Waals surface area (Å²) < 4.78 is 10.6. The van der Waals surface area contributed by atoms with Crippen LogP contribution in [-0.4, -0.2) is 25.0 Å². The van der Waals surface area contributed by atoms with Crippen molar-refractivity contribution in [1.29, 1.82) is 0 Å². The van der Waals surface area contributed by atoms with Gasteiger partial charge in [0.2, 0.25) is 0 Å². The summed E-state index contributed by atoms with van der Waals surface area (Å²) in [5.41, 5.74) is 4.97. The van der Waals surface area contributed by atoms with E-state index in [1.54, 1.807) is 6.08 Å². The first kappa shape index (κ1) is 17.4. The van der Waals surface area contributed by atoms with Crippen LogP contribution in [0, 0.1) is 6.92 Å². The maximum atomic E-state index is 5.39. The molecule has 3 heteroatoms. The number of rotatable bonds is 10. The molecular weight excluding hydrogens is 286 g/mol. The molecule has 1 aromatic carbocycles. The van der Waals surface area contributed by atoms with Gasteiger partial charge >= 0.3 is 0 Å². The van der Waals surface area contributed by atoms with Gasteiger partial charge in [-0.05, 0) is 43.4 Å². The first-order chi connectivity index (χ1) is 11.3. The molecule has 122 valence electrons. The second-order valence-electron chi connectivity index (χ2n) is 5.58. The minimum absolute atomic E-state index is 0.314. The van der Waals surface area contributed by atoms with E-state index in [4.69, 9.17) is 9.47 Å². The average Bonchev–Trinajstić information content (AvgIpc) is 2.58. The van der Waals surface area contributed by atoms with Gasteiger partial charge in [0, 0.05) is 11.9 Å². The van der Waals surface area contributed by atoms with Crippen molar-refractivity contribution < 1.29 is 9.47 Å². The van der Waals surface area contributed by atoms with E-state index in [2.05, 4.69) is 54.9 Å². The fraction of sp³-hybridized carbons (Fsp3) is 0.350. The Morgan fingerprint density at radius 1 is 0.957 bits per heavy atom. The van der Waals surface area contributed by atoms with Gasteiger partial charge in [-0.1, -0.05) is 42.0 Å². The van der Waals surface area contributed by atoms with Gasteiger partial charge in [-0.15, -0.1) is 6.58 Å². The van der Waals surface area contributed by atoms with Crippen LogP contribution in [0.25, 0.3) is 0 Å². The zero-order valence-electron chi connectivity index (χ0n) is 13.8. The summed E-state index contributed by atoms with van der Waals surface area (Å²) in [6.07, 6.45) is 6.50. The van der Waals surface area contributed by atoms with Gasteiger partial charge in [-0.3, -0.25) is 4.98 Å². The van der Waals surface area contributed by atoms with Crippen molar-refractivity contribution in [2.24, 2.45) is 0 Å². The van der Waals surface area contributed by atoms with Crippen LogP contribution in [-0.2, 0) is 28.7 Å². The number of ether oxygens (including phenoxy) is 2. The molecule has 0 radical (unpaired) electrons.